The zero-order valence-corrected chi connectivity index (χ0v) is 16.7. The predicted molar refractivity (Wildman–Crippen MR) is 113 cm³/mol. The van der Waals surface area contributed by atoms with Crippen molar-refractivity contribution in [2.45, 2.75) is 32.7 Å². The van der Waals surface area contributed by atoms with Gasteiger partial charge in [0.15, 0.2) is 0 Å². The molecule has 1 saturated heterocycles. The summed E-state index contributed by atoms with van der Waals surface area (Å²) >= 11 is 0. The smallest absolute Gasteiger partial charge is 0.272 e. The third kappa shape index (κ3) is 3.70. The van der Waals surface area contributed by atoms with Crippen molar-refractivity contribution in [1.29, 1.82) is 0 Å². The van der Waals surface area contributed by atoms with Crippen molar-refractivity contribution in [3.05, 3.63) is 59.8 Å². The summed E-state index contributed by atoms with van der Waals surface area (Å²) in [7, 11) is 0. The number of nitrogens with zero attached hydrogens (tertiary/aromatic N) is 1. The minimum absolute atomic E-state index is 0.00904. The van der Waals surface area contributed by atoms with E-state index < -0.39 is 0 Å². The number of para-hydroxylation sites is 1. The molecule has 2 amide bonds. The second kappa shape index (κ2) is 7.99. The number of amides is 2. The summed E-state index contributed by atoms with van der Waals surface area (Å²) in [4.78, 5) is 30.4. The third-order valence-corrected chi connectivity index (χ3v) is 5.31. The molecule has 150 valence electrons. The van der Waals surface area contributed by atoms with E-state index in [4.69, 9.17) is 4.74 Å². The number of hydrogen-bond acceptors (Lipinski definition) is 3. The van der Waals surface area contributed by atoms with Crippen LogP contribution in [0.3, 0.4) is 0 Å². The Balaban J connectivity index is 1.67. The Bertz CT molecular complexity index is 1040. The predicted octanol–water partition coefficient (Wildman–Crippen LogP) is 4.50. The zero-order chi connectivity index (χ0) is 20.4. The fraction of sp³-hybridized carbons (Fsp3) is 0.304. The van der Waals surface area contributed by atoms with E-state index >= 15 is 0 Å². The van der Waals surface area contributed by atoms with Crippen LogP contribution < -0.4 is 10.1 Å². The maximum Gasteiger partial charge on any atom is 0.272 e. The highest BCUT2D eigenvalue weighted by atomic mass is 16.5. The fourth-order valence-corrected chi connectivity index (χ4v) is 4.06. The first kappa shape index (κ1) is 19.1. The molecule has 2 aromatic carbocycles. The number of benzene rings is 2. The van der Waals surface area contributed by atoms with Gasteiger partial charge in [-0.1, -0.05) is 30.3 Å². The Labute approximate surface area is 169 Å². The van der Waals surface area contributed by atoms with E-state index in [9.17, 15) is 9.59 Å². The van der Waals surface area contributed by atoms with Gasteiger partial charge in [-0.3, -0.25) is 9.59 Å². The molecule has 2 heterocycles. The van der Waals surface area contributed by atoms with Gasteiger partial charge in [-0.2, -0.15) is 0 Å². The number of carbonyl (C=O) groups is 2. The van der Waals surface area contributed by atoms with Crippen LogP contribution in [0.15, 0.2) is 48.5 Å². The zero-order valence-electron chi connectivity index (χ0n) is 16.7. The molecule has 2 N–H and O–H groups in total. The quantitative estimate of drug-likeness (QED) is 0.672. The summed E-state index contributed by atoms with van der Waals surface area (Å²) in [6, 6.07) is 15.6. The molecule has 29 heavy (non-hydrogen) atoms. The van der Waals surface area contributed by atoms with E-state index in [1.165, 1.54) is 6.92 Å². The van der Waals surface area contributed by atoms with Crippen LogP contribution in [0.4, 0.5) is 5.69 Å². The van der Waals surface area contributed by atoms with E-state index in [0.29, 0.717) is 24.5 Å². The molecule has 6 heteroatoms. The maximum atomic E-state index is 13.5. The van der Waals surface area contributed by atoms with Crippen LogP contribution in [0.5, 0.6) is 5.75 Å². The molecule has 0 spiro atoms. The van der Waals surface area contributed by atoms with Crippen molar-refractivity contribution in [1.82, 2.24) is 9.88 Å². The van der Waals surface area contributed by atoms with E-state index in [1.54, 1.807) is 0 Å². The van der Waals surface area contributed by atoms with Crippen molar-refractivity contribution in [3.8, 4) is 5.75 Å². The number of fused-ring (bicyclic) bond motifs is 1. The largest absolute Gasteiger partial charge is 0.494 e. The lowest BCUT2D eigenvalue weighted by atomic mass is 10.0. The lowest BCUT2D eigenvalue weighted by Gasteiger charge is -2.25. The van der Waals surface area contributed by atoms with E-state index in [2.05, 4.69) is 10.3 Å². The van der Waals surface area contributed by atoms with Gasteiger partial charge in [0.05, 0.1) is 18.3 Å². The topological polar surface area (TPSA) is 74.4 Å². The van der Waals surface area contributed by atoms with Crippen molar-refractivity contribution >= 4 is 28.4 Å². The number of rotatable bonds is 5. The molecule has 0 unspecified atom stereocenters. The van der Waals surface area contributed by atoms with Crippen LogP contribution in [0.2, 0.25) is 0 Å². The second-order valence-electron chi connectivity index (χ2n) is 7.26. The number of hydrogen-bond donors (Lipinski definition) is 2. The van der Waals surface area contributed by atoms with Gasteiger partial charge >= 0.3 is 0 Å². The lowest BCUT2D eigenvalue weighted by molar-refractivity contribution is -0.114. The van der Waals surface area contributed by atoms with E-state index in [-0.39, 0.29) is 17.9 Å². The van der Waals surface area contributed by atoms with Crippen molar-refractivity contribution in [2.75, 3.05) is 18.5 Å². The Morgan fingerprint density at radius 3 is 2.66 bits per heavy atom. The van der Waals surface area contributed by atoms with Gasteiger partial charge < -0.3 is 19.9 Å². The molecular weight excluding hydrogens is 366 g/mol. The van der Waals surface area contributed by atoms with Crippen LogP contribution in [0.25, 0.3) is 10.9 Å². The highest BCUT2D eigenvalue weighted by Gasteiger charge is 2.33. The number of H-pyrrole nitrogens is 1. The van der Waals surface area contributed by atoms with Gasteiger partial charge in [-0.15, -0.1) is 0 Å². The Morgan fingerprint density at radius 1 is 1.17 bits per heavy atom. The third-order valence-electron chi connectivity index (χ3n) is 5.31. The molecule has 0 aliphatic carbocycles. The van der Waals surface area contributed by atoms with Crippen LogP contribution in [0.1, 0.15) is 48.8 Å². The summed E-state index contributed by atoms with van der Waals surface area (Å²) in [6.45, 7) is 4.72. The summed E-state index contributed by atoms with van der Waals surface area (Å²) in [6.07, 6.45) is 1.86. The number of carbonyl (C=O) groups excluding carboxylic acids is 2. The number of anilines is 1. The second-order valence-corrected chi connectivity index (χ2v) is 7.26. The minimum Gasteiger partial charge on any atom is -0.494 e. The Hall–Kier alpha value is -3.28. The van der Waals surface area contributed by atoms with Crippen molar-refractivity contribution < 1.29 is 14.3 Å². The maximum absolute atomic E-state index is 13.5. The first-order chi connectivity index (χ1) is 14.1. The Morgan fingerprint density at radius 2 is 1.93 bits per heavy atom. The van der Waals surface area contributed by atoms with Crippen LogP contribution >= 0.6 is 0 Å². The van der Waals surface area contributed by atoms with Crippen molar-refractivity contribution in [2.24, 2.45) is 0 Å². The van der Waals surface area contributed by atoms with E-state index in [1.807, 2.05) is 60.4 Å². The Kier molecular flexibility index (Phi) is 5.25. The van der Waals surface area contributed by atoms with Gasteiger partial charge in [-0.25, -0.2) is 0 Å². The van der Waals surface area contributed by atoms with Crippen molar-refractivity contribution in [3.63, 3.8) is 0 Å². The van der Waals surface area contributed by atoms with Gasteiger partial charge in [0.1, 0.15) is 11.4 Å². The minimum atomic E-state index is -0.201. The molecule has 0 bridgehead atoms. The molecule has 0 radical (unpaired) electrons. The molecule has 1 aliphatic rings. The molecule has 1 aliphatic heterocycles. The highest BCUT2D eigenvalue weighted by Crippen LogP contribution is 2.36. The first-order valence-corrected chi connectivity index (χ1v) is 10.0. The highest BCUT2D eigenvalue weighted by molar-refractivity contribution is 6.12. The SMILES string of the molecule is CCOc1ccc([C@@H]2CCCN2C(=O)c2[nH]c3ccccc3c2NC(C)=O)cc1. The van der Waals surface area contributed by atoms with Gasteiger partial charge in [-0.05, 0) is 43.5 Å². The lowest BCUT2D eigenvalue weighted by Crippen LogP contribution is -2.31. The van der Waals surface area contributed by atoms with Gasteiger partial charge in [0.2, 0.25) is 5.91 Å². The standard InChI is InChI=1S/C23H25N3O3/c1-3-29-17-12-10-16(11-13-17)20-9-6-14-26(20)23(28)22-21(24-15(2)27)18-7-4-5-8-19(18)25-22/h4-5,7-8,10-13,20,25H,3,6,9,14H2,1-2H3,(H,24,27)/t20-/m0/s1. The molecule has 3 aromatic rings. The van der Waals surface area contributed by atoms with Crippen LogP contribution in [0, 0.1) is 0 Å². The molecule has 0 saturated carbocycles. The summed E-state index contributed by atoms with van der Waals surface area (Å²) in [5, 5.41) is 3.68. The first-order valence-electron chi connectivity index (χ1n) is 10.0. The van der Waals surface area contributed by atoms with Gasteiger partial charge in [0.25, 0.3) is 5.91 Å². The average molecular weight is 391 g/mol. The van der Waals surface area contributed by atoms with Crippen LogP contribution in [-0.4, -0.2) is 34.8 Å². The number of nitrogens with one attached hydrogen (secondary N) is 2. The molecule has 6 nitrogen and oxygen atoms in total. The number of likely N-dealkylation sites (tertiary alicyclic amines) is 1. The monoisotopic (exact) mass is 391 g/mol. The normalized spacial score (nSPS) is 16.2. The summed E-state index contributed by atoms with van der Waals surface area (Å²) in [5.41, 5.74) is 2.91. The molecule has 4 rings (SSSR count). The molecule has 1 fully saturated rings. The molecule has 1 atom stereocenters. The fourth-order valence-electron chi connectivity index (χ4n) is 4.06. The summed E-state index contributed by atoms with van der Waals surface area (Å²) < 4.78 is 5.53. The molecule has 1 aromatic heterocycles. The molecular formula is C23H25N3O3. The number of aromatic amines is 1. The van der Waals surface area contributed by atoms with Crippen LogP contribution in [-0.2, 0) is 4.79 Å². The number of ether oxygens (including phenoxy) is 1. The average Bonchev–Trinajstić information content (AvgIpc) is 3.34. The summed E-state index contributed by atoms with van der Waals surface area (Å²) in [5.74, 6) is 0.533. The van der Waals surface area contributed by atoms with E-state index in [0.717, 1.165) is 35.1 Å². The van der Waals surface area contributed by atoms with Gasteiger partial charge in [0, 0.05) is 24.4 Å². The number of aromatic nitrogens is 1.